The van der Waals surface area contributed by atoms with Gasteiger partial charge in [0, 0.05) is 12.6 Å². The van der Waals surface area contributed by atoms with Crippen LogP contribution < -0.4 is 5.73 Å². The van der Waals surface area contributed by atoms with E-state index in [0.29, 0.717) is 19.1 Å². The van der Waals surface area contributed by atoms with Crippen molar-refractivity contribution >= 4 is 6.09 Å². The number of amides is 1. The highest BCUT2D eigenvalue weighted by molar-refractivity contribution is 5.68. The third-order valence-electron chi connectivity index (χ3n) is 6.08. The molecule has 1 aliphatic heterocycles. The van der Waals surface area contributed by atoms with Crippen molar-refractivity contribution in [2.45, 2.75) is 69.2 Å². The van der Waals surface area contributed by atoms with Crippen molar-refractivity contribution in [3.05, 3.63) is 35.4 Å². The van der Waals surface area contributed by atoms with E-state index in [1.807, 2.05) is 18.2 Å². The number of likely N-dealkylation sites (tertiary alicyclic amines) is 1. The van der Waals surface area contributed by atoms with Crippen LogP contribution in [-0.2, 0) is 16.1 Å². The van der Waals surface area contributed by atoms with Crippen molar-refractivity contribution in [2.75, 3.05) is 20.3 Å². The molecule has 1 amide bonds. The van der Waals surface area contributed by atoms with Crippen LogP contribution in [0.15, 0.2) is 24.3 Å². The minimum Gasteiger partial charge on any atom is -0.453 e. The molecular weight excluding hydrogens is 344 g/mol. The molecule has 6 heteroatoms. The Balaban J connectivity index is 1.52. The molecule has 3 rings (SSSR count). The lowest BCUT2D eigenvalue weighted by molar-refractivity contribution is -0.0230. The Morgan fingerprint density at radius 1 is 1.22 bits per heavy atom. The highest BCUT2D eigenvalue weighted by atomic mass is 16.5. The van der Waals surface area contributed by atoms with Gasteiger partial charge in [-0.1, -0.05) is 24.3 Å². The lowest BCUT2D eigenvalue weighted by Gasteiger charge is -2.39. The first-order valence-electron chi connectivity index (χ1n) is 10.0. The second-order valence-electron chi connectivity index (χ2n) is 7.70. The number of carbonyl (C=O) groups excluding carboxylic acids is 1. The maximum atomic E-state index is 12.0. The molecule has 0 aromatic heterocycles. The summed E-state index contributed by atoms with van der Waals surface area (Å²) in [6, 6.07) is 7.98. The number of hydrogen-bond acceptors (Lipinski definition) is 5. The number of carbonyl (C=O) groups is 1. The van der Waals surface area contributed by atoms with Gasteiger partial charge in [-0.15, -0.1) is 0 Å². The van der Waals surface area contributed by atoms with Gasteiger partial charge in [0.1, 0.15) is 0 Å². The topological polar surface area (TPSA) is 85.0 Å². The molecule has 0 bridgehead atoms. The zero-order valence-electron chi connectivity index (χ0n) is 16.2. The van der Waals surface area contributed by atoms with Crippen LogP contribution in [0, 0.1) is 0 Å². The van der Waals surface area contributed by atoms with Gasteiger partial charge in [0.15, 0.2) is 0 Å². The number of ether oxygens (including phenoxy) is 2. The SMILES string of the molecule is COC(=O)N1CCCC(N)C1COC1CCC(c2ccccc2CO)CC1. The number of nitrogens with zero attached hydrogens (tertiary/aromatic N) is 1. The summed E-state index contributed by atoms with van der Waals surface area (Å²) in [7, 11) is 1.41. The monoisotopic (exact) mass is 376 g/mol. The Morgan fingerprint density at radius 2 is 1.96 bits per heavy atom. The van der Waals surface area contributed by atoms with Crippen molar-refractivity contribution in [1.29, 1.82) is 0 Å². The highest BCUT2D eigenvalue weighted by Crippen LogP contribution is 2.36. The fraction of sp³-hybridized carbons (Fsp3) is 0.667. The predicted octanol–water partition coefficient (Wildman–Crippen LogP) is 2.78. The van der Waals surface area contributed by atoms with Crippen molar-refractivity contribution in [2.24, 2.45) is 5.73 Å². The first kappa shape index (κ1) is 20.1. The molecular formula is C21H32N2O4. The summed E-state index contributed by atoms with van der Waals surface area (Å²) in [5.41, 5.74) is 8.55. The molecule has 1 aliphatic carbocycles. The average molecular weight is 376 g/mol. The summed E-state index contributed by atoms with van der Waals surface area (Å²) in [6.07, 6.45) is 5.79. The molecule has 2 atom stereocenters. The molecule has 27 heavy (non-hydrogen) atoms. The number of aliphatic hydroxyl groups is 1. The van der Waals surface area contributed by atoms with Gasteiger partial charge in [0.05, 0.1) is 32.5 Å². The number of benzene rings is 1. The lowest BCUT2D eigenvalue weighted by atomic mass is 9.81. The molecule has 0 radical (unpaired) electrons. The molecule has 0 spiro atoms. The Morgan fingerprint density at radius 3 is 2.67 bits per heavy atom. The van der Waals surface area contributed by atoms with E-state index in [-0.39, 0.29) is 30.9 Å². The van der Waals surface area contributed by atoms with Crippen molar-refractivity contribution in [3.8, 4) is 0 Å². The quantitative estimate of drug-likeness (QED) is 0.825. The van der Waals surface area contributed by atoms with Gasteiger partial charge in [0.25, 0.3) is 0 Å². The number of rotatable bonds is 5. The Bertz CT molecular complexity index is 616. The maximum absolute atomic E-state index is 12.0. The molecule has 1 aromatic rings. The van der Waals surface area contributed by atoms with Gasteiger partial charge in [-0.25, -0.2) is 4.79 Å². The van der Waals surface area contributed by atoms with E-state index >= 15 is 0 Å². The smallest absolute Gasteiger partial charge is 0.409 e. The second kappa shape index (κ2) is 9.53. The minimum atomic E-state index is -0.317. The van der Waals surface area contributed by atoms with Crippen LogP contribution in [0.4, 0.5) is 4.79 Å². The van der Waals surface area contributed by atoms with Crippen LogP contribution in [0.2, 0.25) is 0 Å². The predicted molar refractivity (Wildman–Crippen MR) is 103 cm³/mol. The summed E-state index contributed by atoms with van der Waals surface area (Å²) in [5.74, 6) is 0.483. The zero-order chi connectivity index (χ0) is 19.2. The normalized spacial score (nSPS) is 28.8. The van der Waals surface area contributed by atoms with E-state index in [9.17, 15) is 9.90 Å². The van der Waals surface area contributed by atoms with E-state index in [1.165, 1.54) is 12.7 Å². The fourth-order valence-electron chi connectivity index (χ4n) is 4.50. The lowest BCUT2D eigenvalue weighted by Crippen LogP contribution is -2.56. The van der Waals surface area contributed by atoms with Gasteiger partial charge in [-0.2, -0.15) is 0 Å². The molecule has 150 valence electrons. The van der Waals surface area contributed by atoms with Gasteiger partial charge in [0.2, 0.25) is 0 Å². The molecule has 1 saturated carbocycles. The molecule has 3 N–H and O–H groups in total. The van der Waals surface area contributed by atoms with Crippen molar-refractivity contribution in [1.82, 2.24) is 4.90 Å². The first-order valence-corrected chi connectivity index (χ1v) is 10.0. The van der Waals surface area contributed by atoms with Gasteiger partial charge in [-0.05, 0) is 55.6 Å². The van der Waals surface area contributed by atoms with E-state index in [4.69, 9.17) is 15.2 Å². The van der Waals surface area contributed by atoms with Crippen LogP contribution in [0.1, 0.15) is 55.6 Å². The van der Waals surface area contributed by atoms with Gasteiger partial charge in [-0.3, -0.25) is 0 Å². The number of piperidine rings is 1. The average Bonchev–Trinajstić information content (AvgIpc) is 2.72. The van der Waals surface area contributed by atoms with Gasteiger partial charge >= 0.3 is 6.09 Å². The molecule has 1 heterocycles. The summed E-state index contributed by atoms with van der Waals surface area (Å²) in [5, 5.41) is 9.57. The summed E-state index contributed by atoms with van der Waals surface area (Å²) < 4.78 is 11.1. The Kier molecular flexibility index (Phi) is 7.10. The van der Waals surface area contributed by atoms with Crippen molar-refractivity contribution < 1.29 is 19.4 Å². The number of aliphatic hydroxyl groups excluding tert-OH is 1. The number of hydrogen-bond donors (Lipinski definition) is 2. The van der Waals surface area contributed by atoms with Crippen LogP contribution >= 0.6 is 0 Å². The number of nitrogens with two attached hydrogens (primary N) is 1. The maximum Gasteiger partial charge on any atom is 0.409 e. The largest absolute Gasteiger partial charge is 0.453 e. The zero-order valence-corrected chi connectivity index (χ0v) is 16.2. The molecule has 6 nitrogen and oxygen atoms in total. The van der Waals surface area contributed by atoms with Crippen LogP contribution in [0.3, 0.4) is 0 Å². The van der Waals surface area contributed by atoms with E-state index in [2.05, 4.69) is 6.07 Å². The highest BCUT2D eigenvalue weighted by Gasteiger charge is 2.34. The number of methoxy groups -OCH3 is 1. The Hall–Kier alpha value is -1.63. The third-order valence-corrected chi connectivity index (χ3v) is 6.08. The molecule has 1 aromatic carbocycles. The molecule has 1 saturated heterocycles. The molecule has 2 fully saturated rings. The molecule has 2 unspecified atom stereocenters. The van der Waals surface area contributed by atoms with Crippen LogP contribution in [-0.4, -0.2) is 54.5 Å². The van der Waals surface area contributed by atoms with E-state index in [0.717, 1.165) is 44.1 Å². The van der Waals surface area contributed by atoms with E-state index in [1.54, 1.807) is 4.90 Å². The van der Waals surface area contributed by atoms with Crippen molar-refractivity contribution in [3.63, 3.8) is 0 Å². The summed E-state index contributed by atoms with van der Waals surface area (Å²) in [4.78, 5) is 13.7. The first-order chi connectivity index (χ1) is 13.1. The van der Waals surface area contributed by atoms with Crippen LogP contribution in [0.25, 0.3) is 0 Å². The van der Waals surface area contributed by atoms with Gasteiger partial charge < -0.3 is 25.2 Å². The van der Waals surface area contributed by atoms with Crippen LogP contribution in [0.5, 0.6) is 0 Å². The standard InChI is InChI=1S/C21H32N2O4/c1-26-21(25)23-12-4-7-19(22)20(23)14-27-17-10-8-15(9-11-17)18-6-3-2-5-16(18)13-24/h2-3,5-6,15,17,19-20,24H,4,7-14,22H2,1H3. The second-order valence-corrected chi connectivity index (χ2v) is 7.70. The fourth-order valence-corrected chi connectivity index (χ4v) is 4.50. The van der Waals surface area contributed by atoms with E-state index < -0.39 is 0 Å². The molecule has 2 aliphatic rings. The summed E-state index contributed by atoms with van der Waals surface area (Å²) in [6.45, 7) is 1.24. The Labute approximate surface area is 161 Å². The minimum absolute atomic E-state index is 0.0642. The third kappa shape index (κ3) is 4.81. The summed E-state index contributed by atoms with van der Waals surface area (Å²) >= 11 is 0.